The van der Waals surface area contributed by atoms with Crippen LogP contribution in [0.1, 0.15) is 0 Å². The summed E-state index contributed by atoms with van der Waals surface area (Å²) in [6, 6.07) is 0. The number of hydrogen-bond acceptors (Lipinski definition) is 6. The topological polar surface area (TPSA) is 147 Å². The number of ether oxygens (including phenoxy) is 1. The second-order valence-electron chi connectivity index (χ2n) is 2.72. The van der Waals surface area contributed by atoms with Gasteiger partial charge in [-0.1, -0.05) is 0 Å². The van der Waals surface area contributed by atoms with Crippen LogP contribution in [0.2, 0.25) is 0 Å². The van der Waals surface area contributed by atoms with E-state index < -0.39 is 37.3 Å². The molecule has 1 rings (SSSR count). The maximum atomic E-state index is 9.12. The van der Waals surface area contributed by atoms with Crippen molar-refractivity contribution >= 4 is 0 Å². The van der Waals surface area contributed by atoms with E-state index in [0.717, 1.165) is 0 Å². The number of halogens is 1. The monoisotopic (exact) mass is 233 g/mol. The van der Waals surface area contributed by atoms with Crippen LogP contribution in [0.5, 0.6) is 0 Å². The molecule has 0 aromatic carbocycles. The molecule has 1 fully saturated rings. The average molecular weight is 234 g/mol. The molecule has 1 aliphatic heterocycles. The van der Waals surface area contributed by atoms with Crippen LogP contribution in [-0.4, -0.2) is 62.8 Å². The van der Waals surface area contributed by atoms with Gasteiger partial charge >= 0.3 is 0 Å². The largest absolute Gasteiger partial charge is 1.00 e. The fourth-order valence-electron chi connectivity index (χ4n) is 1.08. The van der Waals surface area contributed by atoms with Gasteiger partial charge in [0.25, 0.3) is 0 Å². The molecule has 88 valence electrons. The van der Waals surface area contributed by atoms with Gasteiger partial charge in [0.1, 0.15) is 24.4 Å². The van der Waals surface area contributed by atoms with Gasteiger partial charge in [-0.3, -0.25) is 0 Å². The molecule has 5 atom stereocenters. The van der Waals surface area contributed by atoms with Crippen LogP contribution in [-0.2, 0) is 4.74 Å². The lowest BCUT2D eigenvalue weighted by molar-refractivity contribution is -0.286. The molecule has 7 nitrogen and oxygen atoms in total. The molecule has 0 radical (unpaired) electrons. The van der Waals surface area contributed by atoms with E-state index >= 15 is 0 Å². The van der Waals surface area contributed by atoms with Gasteiger partial charge in [0.05, 0.1) is 6.61 Å². The third-order valence-corrected chi connectivity index (χ3v) is 1.87. The molecule has 14 heavy (non-hydrogen) atoms. The summed E-state index contributed by atoms with van der Waals surface area (Å²) in [6.45, 7) is -0.526. The Kier molecular flexibility index (Phi) is 7.62. The highest BCUT2D eigenvalue weighted by Crippen LogP contribution is 2.18. The predicted molar refractivity (Wildman–Crippen MR) is 42.0 cm³/mol. The third kappa shape index (κ3) is 3.01. The van der Waals surface area contributed by atoms with Gasteiger partial charge in [0.15, 0.2) is 6.29 Å². The van der Waals surface area contributed by atoms with Crippen LogP contribution >= 0.6 is 0 Å². The molecular weight excluding hydrogens is 218 g/mol. The lowest BCUT2D eigenvalue weighted by Crippen LogP contribution is -3.00. The molecule has 0 aliphatic carbocycles. The SMILES string of the molecule is OC[C@H]1OC(O)[C@H](O)[C@@H](O)[C@@H]1O.[Cl-].[NH4+]. The summed E-state index contributed by atoms with van der Waals surface area (Å²) in [6.07, 6.45) is -7.04. The molecule has 0 spiro atoms. The van der Waals surface area contributed by atoms with Crippen LogP contribution in [0.25, 0.3) is 0 Å². The minimum Gasteiger partial charge on any atom is -1.00 e. The highest BCUT2D eigenvalue weighted by Gasteiger charge is 2.42. The van der Waals surface area contributed by atoms with E-state index in [4.69, 9.17) is 25.5 Å². The van der Waals surface area contributed by atoms with Crippen molar-refractivity contribution in [1.82, 2.24) is 6.15 Å². The summed E-state index contributed by atoms with van der Waals surface area (Å²) in [5.74, 6) is 0. The Hall–Kier alpha value is 0.01000. The maximum Gasteiger partial charge on any atom is 0.184 e. The first-order valence-corrected chi connectivity index (χ1v) is 3.56. The summed E-state index contributed by atoms with van der Waals surface area (Å²) >= 11 is 0. The van der Waals surface area contributed by atoms with Gasteiger partial charge in [-0.2, -0.15) is 0 Å². The number of rotatable bonds is 1. The lowest BCUT2D eigenvalue weighted by atomic mass is 10.00. The zero-order valence-electron chi connectivity index (χ0n) is 7.62. The number of hydrogen-bond donors (Lipinski definition) is 6. The Balaban J connectivity index is 0. The van der Waals surface area contributed by atoms with E-state index in [0.29, 0.717) is 0 Å². The molecule has 1 unspecified atom stereocenters. The van der Waals surface area contributed by atoms with Gasteiger partial charge in [-0.05, 0) is 0 Å². The third-order valence-electron chi connectivity index (χ3n) is 1.87. The molecule has 0 saturated carbocycles. The molecule has 0 bridgehead atoms. The highest BCUT2D eigenvalue weighted by atomic mass is 35.5. The van der Waals surface area contributed by atoms with Crippen molar-refractivity contribution in [3.63, 3.8) is 0 Å². The molecule has 0 aromatic heterocycles. The van der Waals surface area contributed by atoms with E-state index in [1.165, 1.54) is 0 Å². The summed E-state index contributed by atoms with van der Waals surface area (Å²) in [5.41, 5.74) is 0. The summed E-state index contributed by atoms with van der Waals surface area (Å²) < 4.78 is 4.58. The quantitative estimate of drug-likeness (QED) is 0.266. The second-order valence-corrected chi connectivity index (χ2v) is 2.72. The van der Waals surface area contributed by atoms with Crippen molar-refractivity contribution in [2.24, 2.45) is 0 Å². The first kappa shape index (κ1) is 16.4. The smallest absolute Gasteiger partial charge is 0.184 e. The number of aliphatic hydroxyl groups is 5. The van der Waals surface area contributed by atoms with E-state index in [-0.39, 0.29) is 18.6 Å². The highest BCUT2D eigenvalue weighted by molar-refractivity contribution is 4.87. The Morgan fingerprint density at radius 2 is 1.43 bits per heavy atom. The van der Waals surface area contributed by atoms with E-state index in [9.17, 15) is 0 Å². The van der Waals surface area contributed by atoms with Crippen LogP contribution < -0.4 is 18.6 Å². The van der Waals surface area contributed by atoms with Gasteiger partial charge in [-0.15, -0.1) is 0 Å². The van der Waals surface area contributed by atoms with E-state index in [1.807, 2.05) is 0 Å². The fourth-order valence-corrected chi connectivity index (χ4v) is 1.08. The van der Waals surface area contributed by atoms with E-state index in [2.05, 4.69) is 4.74 Å². The molecule has 9 N–H and O–H groups in total. The molecule has 8 heteroatoms. The first-order chi connectivity index (χ1) is 5.57. The molecule has 0 amide bonds. The Morgan fingerprint density at radius 1 is 0.929 bits per heavy atom. The van der Waals surface area contributed by atoms with Crippen LogP contribution in [0.15, 0.2) is 0 Å². The Labute approximate surface area is 86.9 Å². The van der Waals surface area contributed by atoms with Crippen LogP contribution in [0.4, 0.5) is 0 Å². The summed E-state index contributed by atoms with van der Waals surface area (Å²) in [4.78, 5) is 0. The van der Waals surface area contributed by atoms with Crippen LogP contribution in [0, 0.1) is 0 Å². The molecule has 1 saturated heterocycles. The predicted octanol–water partition coefficient (Wildman–Crippen LogP) is -5.84. The van der Waals surface area contributed by atoms with Gasteiger partial charge in [0, 0.05) is 0 Å². The lowest BCUT2D eigenvalue weighted by Gasteiger charge is -2.37. The van der Waals surface area contributed by atoms with Gasteiger partial charge < -0.3 is 48.8 Å². The van der Waals surface area contributed by atoms with Gasteiger partial charge in [0.2, 0.25) is 0 Å². The Morgan fingerprint density at radius 3 is 1.86 bits per heavy atom. The van der Waals surface area contributed by atoms with Gasteiger partial charge in [-0.25, -0.2) is 0 Å². The van der Waals surface area contributed by atoms with Crippen molar-refractivity contribution in [2.45, 2.75) is 30.7 Å². The molecule has 1 aliphatic rings. The second kappa shape index (κ2) is 6.49. The fraction of sp³-hybridized carbons (Fsp3) is 1.00. The first-order valence-electron chi connectivity index (χ1n) is 3.56. The Bertz CT molecular complexity index is 157. The van der Waals surface area contributed by atoms with Crippen molar-refractivity contribution < 1.29 is 42.7 Å². The van der Waals surface area contributed by atoms with Crippen molar-refractivity contribution in [2.75, 3.05) is 6.61 Å². The van der Waals surface area contributed by atoms with Crippen LogP contribution in [0.3, 0.4) is 0 Å². The zero-order valence-corrected chi connectivity index (χ0v) is 8.37. The maximum absolute atomic E-state index is 9.12. The molecule has 0 aromatic rings. The minimum absolute atomic E-state index is 0. The molecular formula is C6H16ClNO6. The van der Waals surface area contributed by atoms with Crippen molar-refractivity contribution in [3.8, 4) is 0 Å². The van der Waals surface area contributed by atoms with Crippen molar-refractivity contribution in [3.05, 3.63) is 0 Å². The number of quaternary nitrogens is 1. The summed E-state index contributed by atoms with van der Waals surface area (Å²) in [5, 5.41) is 44.7. The van der Waals surface area contributed by atoms with E-state index in [1.54, 1.807) is 0 Å². The standard InChI is InChI=1S/C6H12O6.ClH.H3N/c7-1-2-3(8)4(9)5(10)6(11)12-2;;/h2-11H,1H2;1H;1H3/t2-,3-,4+,5-,6?;;/m1../s1. The average Bonchev–Trinajstić information content (AvgIpc) is 2.08. The van der Waals surface area contributed by atoms with Crippen molar-refractivity contribution in [1.29, 1.82) is 0 Å². The zero-order chi connectivity index (χ0) is 9.30. The summed E-state index contributed by atoms with van der Waals surface area (Å²) in [7, 11) is 0. The minimum atomic E-state index is -1.57. The number of aliphatic hydroxyl groups excluding tert-OH is 5. The normalized spacial score (nSPS) is 42.2. The molecule has 1 heterocycles.